The Balaban J connectivity index is 0.00000161. The van der Waals surface area contributed by atoms with Crippen molar-refractivity contribution in [1.29, 1.82) is 0 Å². The van der Waals surface area contributed by atoms with E-state index in [-0.39, 0.29) is 18.1 Å². The Hall–Kier alpha value is -1.75. The van der Waals surface area contributed by atoms with Crippen LogP contribution in [0.25, 0.3) is 0 Å². The second kappa shape index (κ2) is 6.35. The molecule has 1 spiro atoms. The third-order valence-electron chi connectivity index (χ3n) is 4.17. The Labute approximate surface area is 131 Å². The summed E-state index contributed by atoms with van der Waals surface area (Å²) in [6, 6.07) is 10.3. The van der Waals surface area contributed by atoms with Gasteiger partial charge in [-0.2, -0.15) is 4.99 Å². The fourth-order valence-corrected chi connectivity index (χ4v) is 3.18. The van der Waals surface area contributed by atoms with Crippen molar-refractivity contribution in [3.8, 4) is 0 Å². The van der Waals surface area contributed by atoms with Gasteiger partial charge in [0.05, 0.1) is 0 Å². The van der Waals surface area contributed by atoms with E-state index in [2.05, 4.69) is 27.0 Å². The molecule has 1 aliphatic heterocycles. The first-order valence-electron chi connectivity index (χ1n) is 7.21. The van der Waals surface area contributed by atoms with Crippen LogP contribution in [0.5, 0.6) is 0 Å². The van der Waals surface area contributed by atoms with Gasteiger partial charge < -0.3 is 16.4 Å². The van der Waals surface area contributed by atoms with Crippen LogP contribution in [0.4, 0.5) is 0 Å². The summed E-state index contributed by atoms with van der Waals surface area (Å²) in [6.45, 7) is 0.729. The summed E-state index contributed by atoms with van der Waals surface area (Å²) in [5, 5.41) is 0. The minimum absolute atomic E-state index is 0. The molecular weight excluding hydrogens is 286 g/mol. The Kier molecular flexibility index (Phi) is 4.73. The maximum atomic E-state index is 6.14. The van der Waals surface area contributed by atoms with E-state index in [1.807, 2.05) is 18.2 Å². The number of guanidine groups is 2. The summed E-state index contributed by atoms with van der Waals surface area (Å²) >= 11 is 0. The van der Waals surface area contributed by atoms with Crippen molar-refractivity contribution in [2.24, 2.45) is 21.5 Å². The van der Waals surface area contributed by atoms with Gasteiger partial charge in [-0.05, 0) is 31.2 Å². The predicted octanol–water partition coefficient (Wildman–Crippen LogP) is 2.21. The Morgan fingerprint density at radius 3 is 2.38 bits per heavy atom. The van der Waals surface area contributed by atoms with Gasteiger partial charge in [-0.15, -0.1) is 12.4 Å². The Morgan fingerprint density at radius 1 is 1.05 bits per heavy atom. The summed E-state index contributed by atoms with van der Waals surface area (Å²) in [5.74, 6) is 0.803. The minimum atomic E-state index is -0.288. The maximum absolute atomic E-state index is 6.14. The summed E-state index contributed by atoms with van der Waals surface area (Å²) < 4.78 is 0. The predicted molar refractivity (Wildman–Crippen MR) is 88.3 cm³/mol. The van der Waals surface area contributed by atoms with Crippen LogP contribution in [0.3, 0.4) is 0 Å². The van der Waals surface area contributed by atoms with Gasteiger partial charge in [0.15, 0.2) is 0 Å². The molecule has 0 saturated heterocycles. The zero-order valence-electron chi connectivity index (χ0n) is 12.0. The highest BCUT2D eigenvalue weighted by molar-refractivity contribution is 5.95. The number of aliphatic imine (C=N–C) groups is 2. The summed E-state index contributed by atoms with van der Waals surface area (Å²) in [4.78, 5) is 10.9. The van der Waals surface area contributed by atoms with E-state index >= 15 is 0 Å². The zero-order valence-corrected chi connectivity index (χ0v) is 12.9. The molecule has 0 bridgehead atoms. The summed E-state index contributed by atoms with van der Waals surface area (Å²) in [7, 11) is 0. The molecule has 6 heteroatoms. The molecule has 0 amide bonds. The van der Waals surface area contributed by atoms with Crippen LogP contribution in [-0.4, -0.2) is 22.5 Å². The second-order valence-electron chi connectivity index (χ2n) is 5.55. The average Bonchev–Trinajstić information content (AvgIpc) is 2.45. The molecule has 2 aliphatic rings. The average molecular weight is 308 g/mol. The van der Waals surface area contributed by atoms with Crippen molar-refractivity contribution in [1.82, 2.24) is 4.90 Å². The van der Waals surface area contributed by atoms with Crippen LogP contribution in [0.15, 0.2) is 40.3 Å². The molecule has 0 aromatic heterocycles. The smallest absolute Gasteiger partial charge is 0.220 e. The molecule has 114 valence electrons. The highest BCUT2D eigenvalue weighted by Gasteiger charge is 2.41. The molecule has 4 N–H and O–H groups in total. The quantitative estimate of drug-likeness (QED) is 0.879. The van der Waals surface area contributed by atoms with Crippen LogP contribution in [0.1, 0.15) is 37.7 Å². The van der Waals surface area contributed by atoms with E-state index in [9.17, 15) is 0 Å². The van der Waals surface area contributed by atoms with Gasteiger partial charge in [-0.3, -0.25) is 0 Å². The molecule has 0 unspecified atom stereocenters. The number of hydrogen-bond acceptors (Lipinski definition) is 5. The highest BCUT2D eigenvalue weighted by Crippen LogP contribution is 2.37. The van der Waals surface area contributed by atoms with Gasteiger partial charge in [-0.1, -0.05) is 36.8 Å². The standard InChI is InChI=1S/C15H21N5.ClH/c16-13-18-14(17)20(11-12-7-3-1-4-8-12)15(19-13)9-5-2-6-10-15;/h1,3-4,7-8H,2,5-6,9-11H2,(H4,16,17,18,19);1H. The SMILES string of the molecule is Cl.NC1=NC2(CCCCC2)N(Cc2ccccc2)C(N)=N1. The van der Waals surface area contributed by atoms with Crippen molar-refractivity contribution >= 4 is 24.3 Å². The summed E-state index contributed by atoms with van der Waals surface area (Å²) in [6.07, 6.45) is 5.58. The molecule has 1 aromatic carbocycles. The third kappa shape index (κ3) is 3.13. The number of nitrogens with zero attached hydrogens (tertiary/aromatic N) is 3. The van der Waals surface area contributed by atoms with Crippen molar-refractivity contribution in [2.45, 2.75) is 44.3 Å². The number of benzene rings is 1. The van der Waals surface area contributed by atoms with E-state index < -0.39 is 0 Å². The molecule has 0 radical (unpaired) electrons. The lowest BCUT2D eigenvalue weighted by Gasteiger charge is -2.45. The first kappa shape index (κ1) is 15.6. The molecule has 1 aromatic rings. The van der Waals surface area contributed by atoms with E-state index in [4.69, 9.17) is 11.5 Å². The molecule has 3 rings (SSSR count). The van der Waals surface area contributed by atoms with E-state index in [1.54, 1.807) is 0 Å². The lowest BCUT2D eigenvalue weighted by atomic mass is 9.87. The van der Waals surface area contributed by atoms with Gasteiger partial charge in [0.1, 0.15) is 5.66 Å². The molecular formula is C15H22ClN5. The van der Waals surface area contributed by atoms with E-state index in [0.717, 1.165) is 32.2 Å². The number of halogens is 1. The molecule has 0 atom stereocenters. The van der Waals surface area contributed by atoms with Crippen molar-refractivity contribution in [3.05, 3.63) is 35.9 Å². The monoisotopic (exact) mass is 307 g/mol. The van der Waals surface area contributed by atoms with Crippen molar-refractivity contribution in [2.75, 3.05) is 0 Å². The van der Waals surface area contributed by atoms with Gasteiger partial charge in [0.2, 0.25) is 11.9 Å². The van der Waals surface area contributed by atoms with E-state index in [1.165, 1.54) is 12.0 Å². The molecule has 1 aliphatic carbocycles. The van der Waals surface area contributed by atoms with Gasteiger partial charge in [-0.25, -0.2) is 4.99 Å². The molecule has 1 heterocycles. The fourth-order valence-electron chi connectivity index (χ4n) is 3.18. The zero-order chi connectivity index (χ0) is 14.0. The van der Waals surface area contributed by atoms with Crippen LogP contribution >= 0.6 is 12.4 Å². The molecule has 21 heavy (non-hydrogen) atoms. The first-order valence-corrected chi connectivity index (χ1v) is 7.21. The number of rotatable bonds is 2. The van der Waals surface area contributed by atoms with Crippen LogP contribution in [-0.2, 0) is 6.54 Å². The Morgan fingerprint density at radius 2 is 1.71 bits per heavy atom. The fraction of sp³-hybridized carbons (Fsp3) is 0.467. The third-order valence-corrected chi connectivity index (χ3v) is 4.17. The number of hydrogen-bond donors (Lipinski definition) is 2. The highest BCUT2D eigenvalue weighted by atomic mass is 35.5. The minimum Gasteiger partial charge on any atom is -0.369 e. The maximum Gasteiger partial charge on any atom is 0.220 e. The van der Waals surface area contributed by atoms with Gasteiger partial charge in [0, 0.05) is 6.54 Å². The van der Waals surface area contributed by atoms with Crippen molar-refractivity contribution in [3.63, 3.8) is 0 Å². The molecule has 1 fully saturated rings. The Bertz CT molecular complexity index is 534. The largest absolute Gasteiger partial charge is 0.369 e. The number of nitrogens with two attached hydrogens (primary N) is 2. The van der Waals surface area contributed by atoms with Crippen LogP contribution in [0.2, 0.25) is 0 Å². The van der Waals surface area contributed by atoms with Crippen LogP contribution < -0.4 is 11.5 Å². The van der Waals surface area contributed by atoms with E-state index in [0.29, 0.717) is 11.9 Å². The van der Waals surface area contributed by atoms with Crippen molar-refractivity contribution < 1.29 is 0 Å². The normalized spacial score (nSPS) is 20.5. The summed E-state index contributed by atoms with van der Waals surface area (Å²) in [5.41, 5.74) is 12.9. The molecule has 5 nitrogen and oxygen atoms in total. The second-order valence-corrected chi connectivity index (χ2v) is 5.55. The molecule has 1 saturated carbocycles. The van der Waals surface area contributed by atoms with Gasteiger partial charge in [0.25, 0.3) is 0 Å². The van der Waals surface area contributed by atoms with Crippen LogP contribution in [0, 0.1) is 0 Å². The lowest BCUT2D eigenvalue weighted by Crippen LogP contribution is -2.57. The topological polar surface area (TPSA) is 80.0 Å². The van der Waals surface area contributed by atoms with Gasteiger partial charge >= 0.3 is 0 Å². The first-order chi connectivity index (χ1) is 9.70. The lowest BCUT2D eigenvalue weighted by molar-refractivity contribution is 0.114.